The quantitative estimate of drug-likeness (QED) is 0.706. The molecule has 1 heterocycles. The molecule has 0 amide bonds. The molecule has 0 spiro atoms. The van der Waals surface area contributed by atoms with E-state index in [0.717, 1.165) is 37.9 Å². The lowest BCUT2D eigenvalue weighted by Crippen LogP contribution is -2.34. The highest BCUT2D eigenvalue weighted by Crippen LogP contribution is 2.24. The second-order valence-electron chi connectivity index (χ2n) is 6.07. The number of hydrogen-bond donors (Lipinski definition) is 3. The van der Waals surface area contributed by atoms with Gasteiger partial charge in [0.15, 0.2) is 0 Å². The van der Waals surface area contributed by atoms with Crippen LogP contribution in [0.5, 0.6) is 0 Å². The van der Waals surface area contributed by atoms with E-state index in [4.69, 9.17) is 0 Å². The Hall–Kier alpha value is -0.850. The molecule has 2 unspecified atom stereocenters. The molecule has 1 aliphatic carbocycles. The Morgan fingerprint density at radius 2 is 2.10 bits per heavy atom. The summed E-state index contributed by atoms with van der Waals surface area (Å²) in [6.07, 6.45) is 6.87. The van der Waals surface area contributed by atoms with Crippen LogP contribution >= 0.6 is 0 Å². The summed E-state index contributed by atoms with van der Waals surface area (Å²) in [4.78, 5) is 3.36. The van der Waals surface area contributed by atoms with Gasteiger partial charge in [0.1, 0.15) is 0 Å². The predicted molar refractivity (Wildman–Crippen MR) is 84.5 cm³/mol. The standard InChI is InChI=1S/C15H27N3O2S/c1-3-16-10-14-9-15(11-17-14)21(19,20)18-13-6-4-5-12(2)7-8-13/h9,11-13,16-18H,3-8,10H2,1-2H3. The fraction of sp³-hybridized carbons (Fsp3) is 0.733. The van der Waals surface area contributed by atoms with Crippen molar-refractivity contribution in [2.24, 2.45) is 5.92 Å². The molecule has 5 nitrogen and oxygen atoms in total. The number of aromatic nitrogens is 1. The van der Waals surface area contributed by atoms with Gasteiger partial charge in [-0.3, -0.25) is 0 Å². The van der Waals surface area contributed by atoms with Crippen molar-refractivity contribution >= 4 is 10.0 Å². The molecule has 21 heavy (non-hydrogen) atoms. The van der Waals surface area contributed by atoms with Crippen molar-refractivity contribution in [2.75, 3.05) is 6.54 Å². The third kappa shape index (κ3) is 4.83. The van der Waals surface area contributed by atoms with E-state index in [9.17, 15) is 8.42 Å². The molecular weight excluding hydrogens is 286 g/mol. The summed E-state index contributed by atoms with van der Waals surface area (Å²) < 4.78 is 27.7. The summed E-state index contributed by atoms with van der Waals surface area (Å²) >= 11 is 0. The molecule has 0 radical (unpaired) electrons. The van der Waals surface area contributed by atoms with E-state index in [1.54, 1.807) is 12.3 Å². The van der Waals surface area contributed by atoms with Gasteiger partial charge in [-0.2, -0.15) is 0 Å². The Morgan fingerprint density at radius 1 is 1.29 bits per heavy atom. The summed E-state index contributed by atoms with van der Waals surface area (Å²) in [5.74, 6) is 0.707. The van der Waals surface area contributed by atoms with Crippen LogP contribution < -0.4 is 10.0 Å². The lowest BCUT2D eigenvalue weighted by atomic mass is 10.0. The maximum absolute atomic E-state index is 12.4. The second-order valence-corrected chi connectivity index (χ2v) is 7.79. The minimum absolute atomic E-state index is 0.0760. The maximum Gasteiger partial charge on any atom is 0.242 e. The summed E-state index contributed by atoms with van der Waals surface area (Å²) in [6, 6.07) is 1.79. The van der Waals surface area contributed by atoms with E-state index < -0.39 is 10.0 Å². The summed E-state index contributed by atoms with van der Waals surface area (Å²) in [5, 5.41) is 3.18. The zero-order chi connectivity index (χ0) is 15.3. The zero-order valence-corrected chi connectivity index (χ0v) is 13.8. The molecule has 1 fully saturated rings. The largest absolute Gasteiger partial charge is 0.363 e. The summed E-state index contributed by atoms with van der Waals surface area (Å²) in [6.45, 7) is 5.79. The second kappa shape index (κ2) is 7.42. The molecule has 6 heteroatoms. The molecule has 0 saturated heterocycles. The monoisotopic (exact) mass is 313 g/mol. The van der Waals surface area contributed by atoms with Crippen molar-refractivity contribution in [3.05, 3.63) is 18.0 Å². The van der Waals surface area contributed by atoms with Gasteiger partial charge >= 0.3 is 0 Å². The van der Waals surface area contributed by atoms with Gasteiger partial charge < -0.3 is 10.3 Å². The van der Waals surface area contributed by atoms with Crippen LogP contribution in [0.2, 0.25) is 0 Å². The Balaban J connectivity index is 1.99. The maximum atomic E-state index is 12.4. The summed E-state index contributed by atoms with van der Waals surface area (Å²) in [7, 11) is -3.41. The van der Waals surface area contributed by atoms with Crippen molar-refractivity contribution in [1.82, 2.24) is 15.0 Å². The predicted octanol–water partition coefficient (Wildman–Crippen LogP) is 2.37. The topological polar surface area (TPSA) is 74.0 Å². The number of hydrogen-bond acceptors (Lipinski definition) is 3. The first-order valence-corrected chi connectivity index (χ1v) is 9.40. The Morgan fingerprint density at radius 3 is 2.86 bits per heavy atom. The third-order valence-electron chi connectivity index (χ3n) is 4.17. The molecule has 1 aromatic rings. The Kier molecular flexibility index (Phi) is 5.84. The van der Waals surface area contributed by atoms with E-state index in [-0.39, 0.29) is 6.04 Å². The van der Waals surface area contributed by atoms with Crippen molar-refractivity contribution in [3.8, 4) is 0 Å². The van der Waals surface area contributed by atoms with Crippen LogP contribution in [0.15, 0.2) is 17.2 Å². The van der Waals surface area contributed by atoms with Crippen LogP contribution in [0.1, 0.15) is 51.6 Å². The average molecular weight is 313 g/mol. The molecule has 3 N–H and O–H groups in total. The molecule has 1 aliphatic rings. The molecule has 120 valence electrons. The van der Waals surface area contributed by atoms with E-state index in [0.29, 0.717) is 17.4 Å². The average Bonchev–Trinajstić information content (AvgIpc) is 2.83. The van der Waals surface area contributed by atoms with Crippen LogP contribution in [-0.4, -0.2) is 26.0 Å². The van der Waals surface area contributed by atoms with Gasteiger partial charge in [-0.25, -0.2) is 13.1 Å². The lowest BCUT2D eigenvalue weighted by Gasteiger charge is -2.15. The molecule has 2 atom stereocenters. The SMILES string of the molecule is CCNCc1cc(S(=O)(=O)NC2CCCC(C)CC2)c[nH]1. The fourth-order valence-corrected chi connectivity index (χ4v) is 4.15. The van der Waals surface area contributed by atoms with Crippen LogP contribution in [0.4, 0.5) is 0 Å². The molecule has 0 aliphatic heterocycles. The van der Waals surface area contributed by atoms with Gasteiger partial charge in [-0.05, 0) is 37.8 Å². The zero-order valence-electron chi connectivity index (χ0n) is 13.0. The first-order valence-electron chi connectivity index (χ1n) is 7.91. The van der Waals surface area contributed by atoms with E-state index >= 15 is 0 Å². The van der Waals surface area contributed by atoms with Crippen molar-refractivity contribution in [3.63, 3.8) is 0 Å². The van der Waals surface area contributed by atoms with Gasteiger partial charge in [0, 0.05) is 24.5 Å². The van der Waals surface area contributed by atoms with Gasteiger partial charge in [-0.1, -0.05) is 26.7 Å². The fourth-order valence-electron chi connectivity index (χ4n) is 2.83. The number of rotatable bonds is 6. The van der Waals surface area contributed by atoms with Gasteiger partial charge in [0.25, 0.3) is 0 Å². The van der Waals surface area contributed by atoms with E-state index in [2.05, 4.69) is 21.9 Å². The van der Waals surface area contributed by atoms with Crippen LogP contribution in [0.3, 0.4) is 0 Å². The van der Waals surface area contributed by atoms with Gasteiger partial charge in [0.05, 0.1) is 4.90 Å². The Bertz CT molecular complexity index is 539. The number of aromatic amines is 1. The van der Waals surface area contributed by atoms with Crippen molar-refractivity contribution in [1.29, 1.82) is 0 Å². The van der Waals surface area contributed by atoms with Gasteiger partial charge in [-0.15, -0.1) is 0 Å². The van der Waals surface area contributed by atoms with Crippen LogP contribution in [0.25, 0.3) is 0 Å². The smallest absolute Gasteiger partial charge is 0.242 e. The van der Waals surface area contributed by atoms with E-state index in [1.165, 1.54) is 6.42 Å². The lowest BCUT2D eigenvalue weighted by molar-refractivity contribution is 0.484. The first kappa shape index (κ1) is 16.5. The summed E-state index contributed by atoms with van der Waals surface area (Å²) in [5.41, 5.74) is 0.895. The highest BCUT2D eigenvalue weighted by molar-refractivity contribution is 7.89. The Labute approximate surface area is 128 Å². The molecule has 1 aromatic heterocycles. The highest BCUT2D eigenvalue weighted by Gasteiger charge is 2.23. The van der Waals surface area contributed by atoms with Crippen molar-refractivity contribution < 1.29 is 8.42 Å². The number of nitrogens with one attached hydrogen (secondary N) is 3. The molecule has 2 rings (SSSR count). The normalized spacial score (nSPS) is 23.9. The highest BCUT2D eigenvalue weighted by atomic mass is 32.2. The molecule has 1 saturated carbocycles. The van der Waals surface area contributed by atoms with Crippen LogP contribution in [-0.2, 0) is 16.6 Å². The van der Waals surface area contributed by atoms with Gasteiger partial charge in [0.2, 0.25) is 10.0 Å². The molecular formula is C15H27N3O2S. The first-order chi connectivity index (χ1) is 10.0. The number of sulfonamides is 1. The van der Waals surface area contributed by atoms with Crippen molar-refractivity contribution in [2.45, 2.75) is 63.4 Å². The minimum Gasteiger partial charge on any atom is -0.363 e. The van der Waals surface area contributed by atoms with Crippen LogP contribution in [0, 0.1) is 5.92 Å². The molecule has 0 aromatic carbocycles. The molecule has 0 bridgehead atoms. The third-order valence-corrected chi connectivity index (χ3v) is 5.67. The number of H-pyrrole nitrogens is 1. The van der Waals surface area contributed by atoms with E-state index in [1.807, 2.05) is 6.92 Å². The minimum atomic E-state index is -3.41.